The zero-order valence-corrected chi connectivity index (χ0v) is 14.4. The van der Waals surface area contributed by atoms with Crippen molar-refractivity contribution in [2.45, 2.75) is 44.4 Å². The Bertz CT molecular complexity index is 468. The van der Waals surface area contributed by atoms with Gasteiger partial charge in [-0.2, -0.15) is 0 Å². The highest BCUT2D eigenvalue weighted by molar-refractivity contribution is 5.38. The fraction of sp³-hybridized carbons (Fsp3) is 0.778. The summed E-state index contributed by atoms with van der Waals surface area (Å²) in [5, 5.41) is 0. The Balaban J connectivity index is 1.47. The molecule has 3 rings (SSSR count). The second kappa shape index (κ2) is 8.60. The lowest BCUT2D eigenvalue weighted by Crippen LogP contribution is -2.29. The van der Waals surface area contributed by atoms with E-state index < -0.39 is 0 Å². The Labute approximate surface area is 140 Å². The summed E-state index contributed by atoms with van der Waals surface area (Å²) in [5.41, 5.74) is 1.13. The van der Waals surface area contributed by atoms with Crippen molar-refractivity contribution in [3.8, 4) is 0 Å². The van der Waals surface area contributed by atoms with Gasteiger partial charge in [0.25, 0.3) is 0 Å². The third-order valence-corrected chi connectivity index (χ3v) is 5.08. The highest BCUT2D eigenvalue weighted by Crippen LogP contribution is 2.25. The Morgan fingerprint density at radius 1 is 1.22 bits per heavy atom. The predicted octanol–water partition coefficient (Wildman–Crippen LogP) is 2.68. The van der Waals surface area contributed by atoms with Crippen molar-refractivity contribution in [3.05, 3.63) is 18.1 Å². The molecule has 0 aliphatic carbocycles. The first-order chi connectivity index (χ1) is 11.3. The smallest absolute Gasteiger partial charge is 0.131 e. The third kappa shape index (κ3) is 4.88. The molecule has 1 aromatic rings. The van der Waals surface area contributed by atoms with E-state index in [0.29, 0.717) is 5.92 Å². The average Bonchev–Trinajstić information content (AvgIpc) is 3.00. The van der Waals surface area contributed by atoms with Crippen molar-refractivity contribution in [2.24, 2.45) is 0 Å². The molecule has 3 heterocycles. The maximum Gasteiger partial charge on any atom is 0.131 e. The fourth-order valence-electron chi connectivity index (χ4n) is 3.57. The summed E-state index contributed by atoms with van der Waals surface area (Å²) in [5.74, 6) is 1.49. The van der Waals surface area contributed by atoms with Crippen LogP contribution in [0.4, 0.5) is 5.82 Å². The van der Waals surface area contributed by atoms with Gasteiger partial charge in [-0.3, -0.25) is 0 Å². The molecule has 0 amide bonds. The van der Waals surface area contributed by atoms with Crippen molar-refractivity contribution in [1.29, 1.82) is 0 Å². The van der Waals surface area contributed by atoms with Gasteiger partial charge >= 0.3 is 0 Å². The van der Waals surface area contributed by atoms with Gasteiger partial charge in [-0.15, -0.1) is 0 Å². The van der Waals surface area contributed by atoms with E-state index in [4.69, 9.17) is 4.74 Å². The molecule has 5 nitrogen and oxygen atoms in total. The minimum atomic E-state index is 0.447. The van der Waals surface area contributed by atoms with E-state index >= 15 is 0 Å². The van der Waals surface area contributed by atoms with Crippen LogP contribution < -0.4 is 4.90 Å². The van der Waals surface area contributed by atoms with Crippen molar-refractivity contribution in [2.75, 3.05) is 51.3 Å². The highest BCUT2D eigenvalue weighted by atomic mass is 16.5. The first kappa shape index (κ1) is 16.7. The van der Waals surface area contributed by atoms with Crippen molar-refractivity contribution in [3.63, 3.8) is 0 Å². The number of anilines is 1. The molecule has 0 radical (unpaired) electrons. The molecule has 2 aliphatic heterocycles. The topological polar surface area (TPSA) is 41.5 Å². The maximum atomic E-state index is 5.47. The van der Waals surface area contributed by atoms with Gasteiger partial charge in [-0.25, -0.2) is 9.97 Å². The summed E-state index contributed by atoms with van der Waals surface area (Å²) in [7, 11) is 2.14. The Kier molecular flexibility index (Phi) is 6.22. The molecule has 5 heteroatoms. The van der Waals surface area contributed by atoms with Crippen LogP contribution in [0.3, 0.4) is 0 Å². The van der Waals surface area contributed by atoms with Gasteiger partial charge in [0.1, 0.15) is 12.1 Å². The summed E-state index contributed by atoms with van der Waals surface area (Å²) in [6, 6.07) is 2.14. The Morgan fingerprint density at radius 3 is 2.78 bits per heavy atom. The van der Waals surface area contributed by atoms with Gasteiger partial charge in [0.15, 0.2) is 0 Å². The van der Waals surface area contributed by atoms with Crippen LogP contribution in [0.5, 0.6) is 0 Å². The first-order valence-corrected chi connectivity index (χ1v) is 9.16. The van der Waals surface area contributed by atoms with Crippen LogP contribution in [-0.4, -0.2) is 61.3 Å². The molecule has 0 unspecified atom stereocenters. The van der Waals surface area contributed by atoms with Gasteiger partial charge in [-0.1, -0.05) is 12.8 Å². The van der Waals surface area contributed by atoms with Crippen LogP contribution in [0.25, 0.3) is 0 Å². The molecule has 0 N–H and O–H groups in total. The molecular formula is C18H30N4O. The molecule has 2 aliphatic rings. The van der Waals surface area contributed by atoms with Crippen LogP contribution >= 0.6 is 0 Å². The number of ether oxygens (including phenoxy) is 1. The number of likely N-dealkylation sites (tertiary alicyclic amines) is 1. The SMILES string of the molecule is CN(CCCN1CCCCCC1)c1cc([C@H]2CCOC2)ncn1. The molecule has 2 saturated heterocycles. The van der Waals surface area contributed by atoms with E-state index in [9.17, 15) is 0 Å². The van der Waals surface area contributed by atoms with Crippen molar-refractivity contribution < 1.29 is 4.74 Å². The number of hydrogen-bond donors (Lipinski definition) is 0. The molecule has 128 valence electrons. The lowest BCUT2D eigenvalue weighted by atomic mass is 10.0. The molecule has 0 spiro atoms. The lowest BCUT2D eigenvalue weighted by molar-refractivity contribution is 0.193. The van der Waals surface area contributed by atoms with E-state index in [0.717, 1.165) is 37.7 Å². The van der Waals surface area contributed by atoms with Crippen molar-refractivity contribution in [1.82, 2.24) is 14.9 Å². The average molecular weight is 318 g/mol. The molecule has 0 bridgehead atoms. The fourth-order valence-corrected chi connectivity index (χ4v) is 3.57. The van der Waals surface area contributed by atoms with Gasteiger partial charge in [0, 0.05) is 32.2 Å². The van der Waals surface area contributed by atoms with Gasteiger partial charge in [0.2, 0.25) is 0 Å². The number of hydrogen-bond acceptors (Lipinski definition) is 5. The minimum Gasteiger partial charge on any atom is -0.381 e. The van der Waals surface area contributed by atoms with E-state index in [-0.39, 0.29) is 0 Å². The molecule has 1 atom stereocenters. The molecule has 1 aromatic heterocycles. The number of nitrogens with zero attached hydrogens (tertiary/aromatic N) is 4. The largest absolute Gasteiger partial charge is 0.381 e. The second-order valence-corrected chi connectivity index (χ2v) is 6.89. The summed E-state index contributed by atoms with van der Waals surface area (Å²) >= 11 is 0. The maximum absolute atomic E-state index is 5.47. The number of aromatic nitrogens is 2. The summed E-state index contributed by atoms with van der Waals surface area (Å²) in [4.78, 5) is 13.8. The van der Waals surface area contributed by atoms with E-state index in [2.05, 4.69) is 32.9 Å². The van der Waals surface area contributed by atoms with Crippen LogP contribution in [0.15, 0.2) is 12.4 Å². The van der Waals surface area contributed by atoms with Gasteiger partial charge in [0.05, 0.1) is 12.3 Å². The standard InChI is InChI=1S/C18H30N4O/c1-21(8-6-11-22-9-4-2-3-5-10-22)18-13-17(19-15-20-18)16-7-12-23-14-16/h13,15-16H,2-12,14H2,1H3/t16-/m0/s1. The second-order valence-electron chi connectivity index (χ2n) is 6.89. The van der Waals surface area contributed by atoms with Gasteiger partial charge < -0.3 is 14.5 Å². The van der Waals surface area contributed by atoms with Crippen LogP contribution in [0, 0.1) is 0 Å². The summed E-state index contributed by atoms with van der Waals surface area (Å²) in [6.45, 7) is 6.48. The molecule has 23 heavy (non-hydrogen) atoms. The molecular weight excluding hydrogens is 288 g/mol. The predicted molar refractivity (Wildman–Crippen MR) is 93.0 cm³/mol. The van der Waals surface area contributed by atoms with E-state index in [1.165, 1.54) is 51.7 Å². The minimum absolute atomic E-state index is 0.447. The highest BCUT2D eigenvalue weighted by Gasteiger charge is 2.20. The normalized spacial score (nSPS) is 22.9. The first-order valence-electron chi connectivity index (χ1n) is 9.16. The monoisotopic (exact) mass is 318 g/mol. The van der Waals surface area contributed by atoms with Crippen molar-refractivity contribution >= 4 is 5.82 Å². The van der Waals surface area contributed by atoms with Crippen LogP contribution in [0.1, 0.15) is 50.1 Å². The molecule has 0 aromatic carbocycles. The molecule has 0 saturated carbocycles. The zero-order chi connectivity index (χ0) is 15.9. The van der Waals surface area contributed by atoms with Crippen LogP contribution in [0.2, 0.25) is 0 Å². The number of rotatable bonds is 6. The third-order valence-electron chi connectivity index (χ3n) is 5.08. The quantitative estimate of drug-likeness (QED) is 0.806. The zero-order valence-electron chi connectivity index (χ0n) is 14.4. The summed E-state index contributed by atoms with van der Waals surface area (Å²) in [6.07, 6.45) is 9.53. The van der Waals surface area contributed by atoms with E-state index in [1.807, 2.05) is 0 Å². The lowest BCUT2D eigenvalue weighted by Gasteiger charge is -2.23. The Hall–Kier alpha value is -1.20. The summed E-state index contributed by atoms with van der Waals surface area (Å²) < 4.78 is 5.47. The van der Waals surface area contributed by atoms with Crippen LogP contribution in [-0.2, 0) is 4.74 Å². The Morgan fingerprint density at radius 2 is 2.04 bits per heavy atom. The molecule has 2 fully saturated rings. The van der Waals surface area contributed by atoms with Gasteiger partial charge in [-0.05, 0) is 45.3 Å². The van der Waals surface area contributed by atoms with E-state index in [1.54, 1.807) is 6.33 Å².